The van der Waals surface area contributed by atoms with Gasteiger partial charge in [-0.15, -0.1) is 0 Å². The summed E-state index contributed by atoms with van der Waals surface area (Å²) in [6.07, 6.45) is 0. The Morgan fingerprint density at radius 2 is 1.70 bits per heavy atom. The molecular formula is C21H24ClN3O2. The fourth-order valence-electron chi connectivity index (χ4n) is 3.01. The minimum Gasteiger partial charge on any atom is -0.427 e. The molecular weight excluding hydrogens is 362 g/mol. The van der Waals surface area contributed by atoms with E-state index in [9.17, 15) is 4.79 Å². The monoisotopic (exact) mass is 385 g/mol. The van der Waals surface area contributed by atoms with Crippen molar-refractivity contribution in [2.75, 3.05) is 26.2 Å². The number of ether oxygens (including phenoxy) is 1. The predicted octanol–water partition coefficient (Wildman–Crippen LogP) is 3.56. The summed E-state index contributed by atoms with van der Waals surface area (Å²) in [5, 5.41) is 2.95. The van der Waals surface area contributed by atoms with Crippen molar-refractivity contribution in [3.8, 4) is 5.75 Å². The largest absolute Gasteiger partial charge is 0.427 e. The number of halogens is 1. The fraction of sp³-hybridized carbons (Fsp3) is 0.286. The Morgan fingerprint density at radius 1 is 1.07 bits per heavy atom. The third-order valence-electron chi connectivity index (χ3n) is 4.45. The van der Waals surface area contributed by atoms with Crippen LogP contribution in [-0.4, -0.2) is 42.1 Å². The van der Waals surface area contributed by atoms with Gasteiger partial charge in [0.1, 0.15) is 5.75 Å². The molecule has 0 saturated carbocycles. The van der Waals surface area contributed by atoms with Gasteiger partial charge < -0.3 is 10.2 Å². The second kappa shape index (κ2) is 9.04. The lowest BCUT2D eigenvalue weighted by atomic mass is 10.2. The third-order valence-corrected chi connectivity index (χ3v) is 4.70. The molecule has 1 saturated heterocycles. The summed E-state index contributed by atoms with van der Waals surface area (Å²) in [4.78, 5) is 13.4. The number of nitrogens with one attached hydrogen (secondary N) is 1. The van der Waals surface area contributed by atoms with E-state index in [2.05, 4.69) is 34.0 Å². The van der Waals surface area contributed by atoms with Crippen LogP contribution in [0.2, 0.25) is 5.02 Å². The first kappa shape index (κ1) is 19.4. The Hall–Kier alpha value is -2.34. The van der Waals surface area contributed by atoms with Crippen LogP contribution in [0.15, 0.2) is 55.1 Å². The highest BCUT2D eigenvalue weighted by atomic mass is 35.5. The van der Waals surface area contributed by atoms with Crippen LogP contribution in [0.5, 0.6) is 5.75 Å². The van der Waals surface area contributed by atoms with E-state index in [0.717, 1.165) is 49.0 Å². The van der Waals surface area contributed by atoms with Crippen molar-refractivity contribution in [2.24, 2.45) is 0 Å². The molecule has 2 aromatic rings. The molecule has 0 spiro atoms. The van der Waals surface area contributed by atoms with Crippen LogP contribution < -0.4 is 10.2 Å². The third kappa shape index (κ3) is 5.82. The van der Waals surface area contributed by atoms with Crippen LogP contribution in [0.3, 0.4) is 0 Å². The predicted molar refractivity (Wildman–Crippen MR) is 108 cm³/mol. The molecule has 1 aliphatic heterocycles. The van der Waals surface area contributed by atoms with Crippen molar-refractivity contribution in [1.82, 2.24) is 15.3 Å². The number of rotatable bonds is 6. The van der Waals surface area contributed by atoms with Crippen molar-refractivity contribution in [3.05, 3.63) is 71.3 Å². The van der Waals surface area contributed by atoms with E-state index < -0.39 is 0 Å². The minimum atomic E-state index is -0.323. The SMILES string of the molecule is C=C(NN1CCN(Cc2ccc(Cl)cc2)CC1)c1ccc(OC(C)=O)cc1. The Balaban J connectivity index is 1.46. The van der Waals surface area contributed by atoms with Gasteiger partial charge in [0.05, 0.1) is 0 Å². The molecule has 142 valence electrons. The maximum atomic E-state index is 11.0. The summed E-state index contributed by atoms with van der Waals surface area (Å²) in [5.74, 6) is 0.214. The van der Waals surface area contributed by atoms with Crippen LogP contribution in [0, 0.1) is 0 Å². The number of hydrogen-bond acceptors (Lipinski definition) is 5. The number of esters is 1. The van der Waals surface area contributed by atoms with Gasteiger partial charge in [0, 0.05) is 50.4 Å². The number of carbonyl (C=O) groups excluding carboxylic acids is 1. The van der Waals surface area contributed by atoms with Crippen molar-refractivity contribution in [3.63, 3.8) is 0 Å². The number of piperazine rings is 1. The van der Waals surface area contributed by atoms with E-state index in [1.807, 2.05) is 24.3 Å². The Labute approximate surface area is 165 Å². The first-order valence-electron chi connectivity index (χ1n) is 8.96. The van der Waals surface area contributed by atoms with Gasteiger partial charge in [0.25, 0.3) is 0 Å². The minimum absolute atomic E-state index is 0.323. The van der Waals surface area contributed by atoms with Gasteiger partial charge in [-0.25, -0.2) is 5.01 Å². The quantitative estimate of drug-likeness (QED) is 0.608. The van der Waals surface area contributed by atoms with Crippen molar-refractivity contribution in [2.45, 2.75) is 13.5 Å². The summed E-state index contributed by atoms with van der Waals surface area (Å²) in [6.45, 7) is 10.2. The number of benzene rings is 2. The lowest BCUT2D eigenvalue weighted by molar-refractivity contribution is -0.131. The molecule has 0 radical (unpaired) electrons. The van der Waals surface area contributed by atoms with E-state index in [1.54, 1.807) is 12.1 Å². The zero-order valence-corrected chi connectivity index (χ0v) is 16.2. The van der Waals surface area contributed by atoms with Crippen molar-refractivity contribution < 1.29 is 9.53 Å². The zero-order valence-electron chi connectivity index (χ0n) is 15.5. The summed E-state index contributed by atoms with van der Waals surface area (Å²) in [6, 6.07) is 15.4. The van der Waals surface area contributed by atoms with Crippen LogP contribution in [0.4, 0.5) is 0 Å². The average Bonchev–Trinajstić information content (AvgIpc) is 2.65. The van der Waals surface area contributed by atoms with E-state index >= 15 is 0 Å². The number of nitrogens with zero attached hydrogens (tertiary/aromatic N) is 2. The molecule has 1 fully saturated rings. The van der Waals surface area contributed by atoms with Crippen LogP contribution in [0.25, 0.3) is 5.70 Å². The smallest absolute Gasteiger partial charge is 0.308 e. The van der Waals surface area contributed by atoms with Gasteiger partial charge in [-0.3, -0.25) is 9.69 Å². The van der Waals surface area contributed by atoms with E-state index in [1.165, 1.54) is 12.5 Å². The van der Waals surface area contributed by atoms with Crippen LogP contribution >= 0.6 is 11.6 Å². The van der Waals surface area contributed by atoms with Gasteiger partial charge in [0.15, 0.2) is 0 Å². The fourth-order valence-corrected chi connectivity index (χ4v) is 3.14. The highest BCUT2D eigenvalue weighted by Crippen LogP contribution is 2.17. The molecule has 27 heavy (non-hydrogen) atoms. The Bertz CT molecular complexity index is 782. The molecule has 0 aliphatic carbocycles. The molecule has 0 atom stereocenters. The molecule has 2 aromatic carbocycles. The highest BCUT2D eigenvalue weighted by Gasteiger charge is 2.17. The van der Waals surface area contributed by atoms with E-state index in [-0.39, 0.29) is 5.97 Å². The maximum absolute atomic E-state index is 11.0. The van der Waals surface area contributed by atoms with Crippen LogP contribution in [-0.2, 0) is 11.3 Å². The molecule has 1 aliphatic rings. The Kier molecular flexibility index (Phi) is 6.50. The Morgan fingerprint density at radius 3 is 2.30 bits per heavy atom. The molecule has 6 heteroatoms. The van der Waals surface area contributed by atoms with Gasteiger partial charge in [-0.2, -0.15) is 0 Å². The van der Waals surface area contributed by atoms with E-state index in [0.29, 0.717) is 5.75 Å². The molecule has 5 nitrogen and oxygen atoms in total. The lowest BCUT2D eigenvalue weighted by Gasteiger charge is -2.35. The summed E-state index contributed by atoms with van der Waals surface area (Å²) < 4.78 is 5.05. The molecule has 0 bridgehead atoms. The molecule has 0 aromatic heterocycles. The maximum Gasteiger partial charge on any atom is 0.308 e. The highest BCUT2D eigenvalue weighted by molar-refractivity contribution is 6.30. The number of hydrazine groups is 1. The summed E-state index contributed by atoms with van der Waals surface area (Å²) in [5.41, 5.74) is 6.45. The van der Waals surface area contributed by atoms with Crippen molar-refractivity contribution >= 4 is 23.3 Å². The first-order valence-corrected chi connectivity index (χ1v) is 9.33. The average molecular weight is 386 g/mol. The number of carbonyl (C=O) groups is 1. The molecule has 0 unspecified atom stereocenters. The summed E-state index contributed by atoms with van der Waals surface area (Å²) >= 11 is 5.94. The van der Waals surface area contributed by atoms with Crippen molar-refractivity contribution in [1.29, 1.82) is 0 Å². The molecule has 0 amide bonds. The molecule has 1 N–H and O–H groups in total. The van der Waals surface area contributed by atoms with E-state index in [4.69, 9.17) is 16.3 Å². The second-order valence-electron chi connectivity index (χ2n) is 6.60. The van der Waals surface area contributed by atoms with Gasteiger partial charge in [-0.1, -0.05) is 30.3 Å². The standard InChI is InChI=1S/C21H24ClN3O2/c1-16(19-5-9-21(10-6-19)27-17(2)26)23-25-13-11-24(12-14-25)15-18-3-7-20(22)8-4-18/h3-10,23H,1,11-15H2,2H3. The topological polar surface area (TPSA) is 44.8 Å². The van der Waals surface area contributed by atoms with Crippen LogP contribution in [0.1, 0.15) is 18.1 Å². The van der Waals surface area contributed by atoms with Gasteiger partial charge in [-0.05, 0) is 47.5 Å². The first-order chi connectivity index (χ1) is 13.0. The van der Waals surface area contributed by atoms with Gasteiger partial charge in [0.2, 0.25) is 0 Å². The lowest BCUT2D eigenvalue weighted by Crippen LogP contribution is -2.50. The summed E-state index contributed by atoms with van der Waals surface area (Å²) in [7, 11) is 0. The second-order valence-corrected chi connectivity index (χ2v) is 7.03. The van der Waals surface area contributed by atoms with Gasteiger partial charge >= 0.3 is 5.97 Å². The normalized spacial score (nSPS) is 15.3. The molecule has 3 rings (SSSR count). The molecule has 1 heterocycles. The number of hydrogen-bond donors (Lipinski definition) is 1. The zero-order chi connectivity index (χ0) is 19.2.